The summed E-state index contributed by atoms with van der Waals surface area (Å²) < 4.78 is 29.0. The Morgan fingerprint density at radius 3 is 2.79 bits per heavy atom. The van der Waals surface area contributed by atoms with Gasteiger partial charge >= 0.3 is 6.09 Å². The van der Waals surface area contributed by atoms with Gasteiger partial charge in [-0.05, 0) is 42.5 Å². The molecule has 1 fully saturated rings. The zero-order valence-corrected chi connectivity index (χ0v) is 15.7. The van der Waals surface area contributed by atoms with Crippen molar-refractivity contribution in [2.24, 2.45) is 0 Å². The average Bonchev–Trinajstić information content (AvgIpc) is 3.46. The highest BCUT2D eigenvalue weighted by Crippen LogP contribution is 2.37. The van der Waals surface area contributed by atoms with Crippen LogP contribution in [0.1, 0.15) is 28.8 Å². The second-order valence-corrected chi connectivity index (χ2v) is 7.41. The third kappa shape index (κ3) is 3.87. The number of carbonyl (C=O) groups is 2. The van der Waals surface area contributed by atoms with Gasteiger partial charge in [0.1, 0.15) is 5.82 Å². The molecule has 0 saturated heterocycles. The molecule has 2 amide bonds. The molecule has 1 saturated carbocycles. The van der Waals surface area contributed by atoms with Crippen LogP contribution < -0.4 is 5.32 Å². The van der Waals surface area contributed by atoms with Crippen molar-refractivity contribution in [3.8, 4) is 11.3 Å². The predicted molar refractivity (Wildman–Crippen MR) is 103 cm³/mol. The smallest absolute Gasteiger partial charge is 0.404 e. The molecule has 1 aromatic carbocycles. The number of nitrogens with one attached hydrogen (secondary N) is 1. The molecule has 8 heteroatoms. The van der Waals surface area contributed by atoms with Crippen molar-refractivity contribution >= 4 is 12.0 Å². The summed E-state index contributed by atoms with van der Waals surface area (Å²) in [6, 6.07) is 6.36. The van der Waals surface area contributed by atoms with Crippen LogP contribution in [0.2, 0.25) is 0 Å². The van der Waals surface area contributed by atoms with Crippen LogP contribution in [0, 0.1) is 5.82 Å². The van der Waals surface area contributed by atoms with E-state index in [4.69, 9.17) is 5.11 Å². The molecule has 0 atom stereocenters. The number of hydrogen-bond acceptors (Lipinski definition) is 2. The minimum Gasteiger partial charge on any atom is -0.465 e. The molecule has 6 nitrogen and oxygen atoms in total. The first kappa shape index (κ1) is 19.2. The van der Waals surface area contributed by atoms with E-state index in [-0.39, 0.29) is 30.6 Å². The number of carboxylic acid groups (broad SMARTS) is 1. The van der Waals surface area contributed by atoms with Crippen LogP contribution in [-0.2, 0) is 13.0 Å². The number of rotatable bonds is 6. The van der Waals surface area contributed by atoms with E-state index in [2.05, 4.69) is 5.32 Å². The fourth-order valence-corrected chi connectivity index (χ4v) is 3.90. The quantitative estimate of drug-likeness (QED) is 0.777. The van der Waals surface area contributed by atoms with Crippen molar-refractivity contribution in [2.45, 2.75) is 31.8 Å². The number of benzene rings is 1. The lowest BCUT2D eigenvalue weighted by atomic mass is 9.98. The first-order valence-electron chi connectivity index (χ1n) is 9.51. The van der Waals surface area contributed by atoms with Gasteiger partial charge in [0.2, 0.25) is 0 Å². The van der Waals surface area contributed by atoms with Gasteiger partial charge in [-0.1, -0.05) is 12.1 Å². The summed E-state index contributed by atoms with van der Waals surface area (Å²) in [4.78, 5) is 25.6. The Hall–Kier alpha value is -3.16. The molecule has 2 heterocycles. The zero-order chi connectivity index (χ0) is 20.5. The number of fused-ring (bicyclic) bond motifs is 1. The van der Waals surface area contributed by atoms with Gasteiger partial charge in [0.05, 0.1) is 17.6 Å². The number of aromatic nitrogens is 1. The van der Waals surface area contributed by atoms with E-state index in [1.54, 1.807) is 22.9 Å². The van der Waals surface area contributed by atoms with Crippen LogP contribution in [0.4, 0.5) is 13.6 Å². The summed E-state index contributed by atoms with van der Waals surface area (Å²) in [7, 11) is 0. The molecule has 0 bridgehead atoms. The third-order valence-electron chi connectivity index (χ3n) is 5.36. The SMILES string of the molecule is O=C(O)NC/C(=C\F)Cn1cc2c(c1-c1cccc(F)c1)CCN(C1CC1)C2=O. The van der Waals surface area contributed by atoms with Gasteiger partial charge < -0.3 is 19.9 Å². The van der Waals surface area contributed by atoms with E-state index in [0.29, 0.717) is 36.1 Å². The Balaban J connectivity index is 1.74. The Morgan fingerprint density at radius 2 is 2.14 bits per heavy atom. The first-order chi connectivity index (χ1) is 14.0. The molecule has 2 aliphatic rings. The first-order valence-corrected chi connectivity index (χ1v) is 9.51. The Morgan fingerprint density at radius 1 is 1.34 bits per heavy atom. The second-order valence-electron chi connectivity index (χ2n) is 7.41. The molecule has 0 unspecified atom stereocenters. The number of carbonyl (C=O) groups excluding carboxylic acids is 1. The van der Waals surface area contributed by atoms with E-state index in [1.165, 1.54) is 12.1 Å². The largest absolute Gasteiger partial charge is 0.465 e. The van der Waals surface area contributed by atoms with Gasteiger partial charge in [-0.2, -0.15) is 0 Å². The maximum Gasteiger partial charge on any atom is 0.404 e. The normalized spacial score (nSPS) is 16.7. The van der Waals surface area contributed by atoms with E-state index < -0.39 is 11.9 Å². The minimum absolute atomic E-state index is 0.0480. The fourth-order valence-electron chi connectivity index (χ4n) is 3.90. The summed E-state index contributed by atoms with van der Waals surface area (Å²) in [6.45, 7) is 0.473. The van der Waals surface area contributed by atoms with E-state index in [1.807, 2.05) is 4.90 Å². The maximum atomic E-state index is 13.9. The molecule has 152 valence electrons. The lowest BCUT2D eigenvalue weighted by Crippen LogP contribution is -2.38. The molecule has 0 spiro atoms. The fraction of sp³-hybridized carbons (Fsp3) is 0.333. The highest BCUT2D eigenvalue weighted by molar-refractivity contribution is 5.99. The van der Waals surface area contributed by atoms with E-state index in [0.717, 1.165) is 18.4 Å². The number of amides is 2. The highest BCUT2D eigenvalue weighted by Gasteiger charge is 2.38. The lowest BCUT2D eigenvalue weighted by molar-refractivity contribution is 0.0727. The van der Waals surface area contributed by atoms with Crippen LogP contribution in [0.25, 0.3) is 11.3 Å². The summed E-state index contributed by atoms with van der Waals surface area (Å²) in [5.41, 5.74) is 2.83. The average molecular weight is 401 g/mol. The highest BCUT2D eigenvalue weighted by atomic mass is 19.1. The predicted octanol–water partition coefficient (Wildman–Crippen LogP) is 3.58. The Kier molecular flexibility index (Phi) is 5.08. The minimum atomic E-state index is -1.25. The molecule has 2 N–H and O–H groups in total. The van der Waals surface area contributed by atoms with Crippen molar-refractivity contribution in [1.29, 1.82) is 0 Å². The third-order valence-corrected chi connectivity index (χ3v) is 5.36. The van der Waals surface area contributed by atoms with Gasteiger partial charge in [-0.25, -0.2) is 13.6 Å². The van der Waals surface area contributed by atoms with Crippen molar-refractivity contribution in [2.75, 3.05) is 13.1 Å². The maximum absolute atomic E-state index is 13.9. The van der Waals surface area contributed by atoms with Crippen molar-refractivity contribution in [1.82, 2.24) is 14.8 Å². The second kappa shape index (κ2) is 7.69. The van der Waals surface area contributed by atoms with Crippen LogP contribution >= 0.6 is 0 Å². The van der Waals surface area contributed by atoms with Gasteiger partial charge in [0.25, 0.3) is 5.91 Å². The number of halogens is 2. The summed E-state index contributed by atoms with van der Waals surface area (Å²) >= 11 is 0. The van der Waals surface area contributed by atoms with Gasteiger partial charge in [-0.15, -0.1) is 0 Å². The van der Waals surface area contributed by atoms with Crippen LogP contribution in [0.3, 0.4) is 0 Å². The molecule has 4 rings (SSSR count). The standard InChI is InChI=1S/C21H21F2N3O3/c22-9-13(10-24-21(28)29)11-25-12-18-17(6-7-26(20(18)27)16-4-5-16)19(25)14-2-1-3-15(23)8-14/h1-3,8-9,12,16,24H,4-7,10-11H2,(H,28,29)/b13-9+. The molecule has 1 aromatic heterocycles. The molecular formula is C21H21F2N3O3. The van der Waals surface area contributed by atoms with Crippen molar-refractivity contribution in [3.63, 3.8) is 0 Å². The number of hydrogen-bond donors (Lipinski definition) is 2. The number of nitrogens with zero attached hydrogens (tertiary/aromatic N) is 2. The summed E-state index contributed by atoms with van der Waals surface area (Å²) in [5, 5.41) is 10.9. The topological polar surface area (TPSA) is 74.6 Å². The van der Waals surface area contributed by atoms with E-state index >= 15 is 0 Å². The molecule has 0 radical (unpaired) electrons. The van der Waals surface area contributed by atoms with Crippen molar-refractivity contribution in [3.05, 3.63) is 59.3 Å². The van der Waals surface area contributed by atoms with Crippen LogP contribution in [0.15, 0.2) is 42.4 Å². The monoisotopic (exact) mass is 401 g/mol. The van der Waals surface area contributed by atoms with Crippen LogP contribution in [-0.4, -0.2) is 45.7 Å². The molecule has 1 aliphatic carbocycles. The molecule has 2 aromatic rings. The van der Waals surface area contributed by atoms with Gasteiger partial charge in [0.15, 0.2) is 0 Å². The van der Waals surface area contributed by atoms with E-state index in [9.17, 15) is 18.4 Å². The Bertz CT molecular complexity index is 995. The van der Waals surface area contributed by atoms with Crippen LogP contribution in [0.5, 0.6) is 0 Å². The Labute approximate surface area is 166 Å². The summed E-state index contributed by atoms with van der Waals surface area (Å²) in [5.74, 6) is -0.459. The lowest BCUT2D eigenvalue weighted by Gasteiger charge is -2.27. The summed E-state index contributed by atoms with van der Waals surface area (Å²) in [6.07, 6.45) is 3.44. The molecule has 29 heavy (non-hydrogen) atoms. The molecular weight excluding hydrogens is 380 g/mol. The van der Waals surface area contributed by atoms with Gasteiger partial charge in [0, 0.05) is 37.4 Å². The van der Waals surface area contributed by atoms with Gasteiger partial charge in [-0.3, -0.25) is 4.79 Å². The zero-order valence-electron chi connectivity index (χ0n) is 15.7. The molecule has 1 aliphatic heterocycles. The van der Waals surface area contributed by atoms with Crippen molar-refractivity contribution < 1.29 is 23.5 Å².